The molecule has 0 bridgehead atoms. The van der Waals surface area contributed by atoms with Crippen molar-refractivity contribution < 1.29 is 9.84 Å². The molecule has 4 rings (SSSR count). The highest BCUT2D eigenvalue weighted by atomic mass is 16.5. The van der Waals surface area contributed by atoms with Crippen LogP contribution in [0.1, 0.15) is 18.4 Å². The summed E-state index contributed by atoms with van der Waals surface area (Å²) in [5.41, 5.74) is 0.398. The molecule has 2 nitrogen and oxygen atoms in total. The molecule has 0 aromatic heterocycles. The molecule has 1 aromatic carbocycles. The first-order chi connectivity index (χ1) is 7.29. The quantitative estimate of drug-likeness (QED) is 0.649. The van der Waals surface area contributed by atoms with E-state index >= 15 is 0 Å². The molecule has 3 aliphatic rings. The topological polar surface area (TPSA) is 29.5 Å². The number of benzene rings is 1. The summed E-state index contributed by atoms with van der Waals surface area (Å²) >= 11 is 0. The second-order valence-corrected chi connectivity index (χ2v) is 4.94. The van der Waals surface area contributed by atoms with Gasteiger partial charge in [-0.2, -0.15) is 0 Å². The Bertz CT molecular complexity index is 428. The third kappa shape index (κ3) is 0.787. The van der Waals surface area contributed by atoms with Gasteiger partial charge in [0, 0.05) is 12.0 Å². The highest BCUT2D eigenvalue weighted by Crippen LogP contribution is 2.62. The van der Waals surface area contributed by atoms with Crippen LogP contribution in [0.3, 0.4) is 0 Å². The first kappa shape index (κ1) is 8.05. The summed E-state index contributed by atoms with van der Waals surface area (Å²) in [7, 11) is 0. The number of fused-ring (bicyclic) bond motifs is 2. The maximum Gasteiger partial charge on any atom is 0.149 e. The first-order valence-corrected chi connectivity index (χ1v) is 5.61. The summed E-state index contributed by atoms with van der Waals surface area (Å²) < 4.78 is 5.93. The zero-order valence-electron chi connectivity index (χ0n) is 8.39. The molecule has 2 saturated carbocycles. The van der Waals surface area contributed by atoms with Gasteiger partial charge in [0.2, 0.25) is 0 Å². The Morgan fingerprint density at radius 1 is 1.40 bits per heavy atom. The Balaban J connectivity index is 1.91. The molecule has 2 aliphatic carbocycles. The third-order valence-corrected chi connectivity index (χ3v) is 4.26. The van der Waals surface area contributed by atoms with Crippen LogP contribution in [0.25, 0.3) is 0 Å². The fourth-order valence-electron chi connectivity index (χ4n) is 3.59. The van der Waals surface area contributed by atoms with Crippen molar-refractivity contribution in [3.63, 3.8) is 0 Å². The van der Waals surface area contributed by atoms with Crippen LogP contribution < -0.4 is 4.74 Å². The van der Waals surface area contributed by atoms with Crippen LogP contribution in [0, 0.1) is 18.3 Å². The van der Waals surface area contributed by atoms with E-state index in [0.29, 0.717) is 11.8 Å². The zero-order valence-corrected chi connectivity index (χ0v) is 8.39. The summed E-state index contributed by atoms with van der Waals surface area (Å²) in [4.78, 5) is 0. The minimum absolute atomic E-state index is 0.212. The predicted octanol–water partition coefficient (Wildman–Crippen LogP) is 1.88. The Hall–Kier alpha value is -1.15. The van der Waals surface area contributed by atoms with Gasteiger partial charge < -0.3 is 9.84 Å². The van der Waals surface area contributed by atoms with Crippen LogP contribution in [-0.2, 0) is 5.60 Å². The zero-order chi connectivity index (χ0) is 10.0. The molecule has 1 N–H and O–H groups in total. The Labute approximate surface area is 88.9 Å². The second-order valence-electron chi connectivity index (χ2n) is 4.94. The fraction of sp³-hybridized carbons (Fsp3) is 0.462. The number of rotatable bonds is 0. The van der Waals surface area contributed by atoms with Gasteiger partial charge >= 0.3 is 0 Å². The number of aliphatic hydroxyl groups is 1. The van der Waals surface area contributed by atoms with Crippen molar-refractivity contribution in [2.45, 2.75) is 24.5 Å². The maximum atomic E-state index is 10.7. The number of hydrogen-bond acceptors (Lipinski definition) is 2. The van der Waals surface area contributed by atoms with Crippen molar-refractivity contribution >= 4 is 0 Å². The van der Waals surface area contributed by atoms with Crippen molar-refractivity contribution in [3.8, 4) is 5.75 Å². The summed E-state index contributed by atoms with van der Waals surface area (Å²) in [5, 5.41) is 10.7. The summed E-state index contributed by atoms with van der Waals surface area (Å²) in [6.45, 7) is 0. The van der Waals surface area contributed by atoms with Crippen LogP contribution >= 0.6 is 0 Å². The smallest absolute Gasteiger partial charge is 0.149 e. The van der Waals surface area contributed by atoms with Gasteiger partial charge in [0.05, 0.1) is 12.3 Å². The molecule has 0 saturated heterocycles. The molecule has 15 heavy (non-hydrogen) atoms. The van der Waals surface area contributed by atoms with Gasteiger partial charge in [-0.15, -0.1) is 0 Å². The van der Waals surface area contributed by atoms with E-state index in [4.69, 9.17) is 4.74 Å². The normalized spacial score (nSPS) is 44.5. The molecule has 1 aromatic rings. The summed E-state index contributed by atoms with van der Waals surface area (Å²) in [6.07, 6.45) is 4.40. The third-order valence-electron chi connectivity index (χ3n) is 4.26. The van der Waals surface area contributed by atoms with Crippen LogP contribution in [0.2, 0.25) is 0 Å². The lowest BCUT2D eigenvalue weighted by Gasteiger charge is -2.50. The minimum Gasteiger partial charge on any atom is -0.485 e. The predicted molar refractivity (Wildman–Crippen MR) is 55.3 cm³/mol. The molecule has 2 fully saturated rings. The molecule has 4 atom stereocenters. The average molecular weight is 201 g/mol. The van der Waals surface area contributed by atoms with E-state index in [-0.39, 0.29) is 6.10 Å². The van der Waals surface area contributed by atoms with Gasteiger partial charge in [-0.25, -0.2) is 0 Å². The lowest BCUT2D eigenvalue weighted by Crippen LogP contribution is -2.56. The van der Waals surface area contributed by atoms with Crippen LogP contribution in [-0.4, -0.2) is 11.2 Å². The van der Waals surface area contributed by atoms with Crippen LogP contribution in [0.15, 0.2) is 24.3 Å². The van der Waals surface area contributed by atoms with E-state index in [1.165, 1.54) is 0 Å². The second kappa shape index (κ2) is 2.33. The fourth-order valence-corrected chi connectivity index (χ4v) is 3.59. The molecule has 0 amide bonds. The van der Waals surface area contributed by atoms with Crippen molar-refractivity contribution in [2.24, 2.45) is 11.8 Å². The molecule has 2 heteroatoms. The van der Waals surface area contributed by atoms with Gasteiger partial charge in [0.25, 0.3) is 0 Å². The van der Waals surface area contributed by atoms with Gasteiger partial charge in [-0.1, -0.05) is 18.2 Å². The van der Waals surface area contributed by atoms with E-state index in [2.05, 4.69) is 6.42 Å². The highest BCUT2D eigenvalue weighted by molar-refractivity contribution is 5.44. The summed E-state index contributed by atoms with van der Waals surface area (Å²) in [5.74, 6) is 1.77. The van der Waals surface area contributed by atoms with E-state index < -0.39 is 5.60 Å². The van der Waals surface area contributed by atoms with Crippen molar-refractivity contribution in [1.82, 2.24) is 0 Å². The number of para-hydroxylation sites is 1. The van der Waals surface area contributed by atoms with E-state index in [9.17, 15) is 5.11 Å². The largest absolute Gasteiger partial charge is 0.485 e. The molecule has 0 spiro atoms. The molecule has 76 valence electrons. The van der Waals surface area contributed by atoms with E-state index in [0.717, 1.165) is 24.2 Å². The lowest BCUT2D eigenvalue weighted by atomic mass is 9.58. The van der Waals surface area contributed by atoms with E-state index in [1.54, 1.807) is 0 Å². The maximum absolute atomic E-state index is 10.7. The minimum atomic E-state index is -0.600. The molecular weight excluding hydrogens is 188 g/mol. The number of hydrogen-bond donors (Lipinski definition) is 1. The van der Waals surface area contributed by atoms with Crippen molar-refractivity contribution in [3.05, 3.63) is 36.2 Å². The first-order valence-electron chi connectivity index (χ1n) is 5.61. The Kier molecular flexibility index (Phi) is 1.25. The van der Waals surface area contributed by atoms with Gasteiger partial charge in [-0.05, 0) is 6.07 Å². The Morgan fingerprint density at radius 2 is 2.27 bits per heavy atom. The van der Waals surface area contributed by atoms with Crippen LogP contribution in [0.4, 0.5) is 0 Å². The summed E-state index contributed by atoms with van der Waals surface area (Å²) in [6, 6.07) is 7.92. The average Bonchev–Trinajstić information content (AvgIpc) is 2.58. The van der Waals surface area contributed by atoms with Gasteiger partial charge in [-0.3, -0.25) is 0 Å². The van der Waals surface area contributed by atoms with Gasteiger partial charge in [0.1, 0.15) is 29.8 Å². The monoisotopic (exact) mass is 201 g/mol. The molecule has 1 aliphatic heterocycles. The molecule has 1 heterocycles. The lowest BCUT2D eigenvalue weighted by molar-refractivity contribution is -0.168. The van der Waals surface area contributed by atoms with Crippen molar-refractivity contribution in [1.29, 1.82) is 0 Å². The number of ether oxygens (including phenoxy) is 1. The molecular formula is C13H13O2+. The molecule has 4 unspecified atom stereocenters. The Morgan fingerprint density at radius 3 is 3.20 bits per heavy atom. The molecule has 0 radical (unpaired) electrons. The highest BCUT2D eigenvalue weighted by Gasteiger charge is 2.68. The standard InChI is InChI=1S/C13H13O2/c14-13-7-8-5-6-11(12(8)13)15-10-4-2-1-3-9(10)13/h1-5,8,11-12,14H,6-7H2/q+1. The van der Waals surface area contributed by atoms with Crippen LogP contribution in [0.5, 0.6) is 5.75 Å². The van der Waals surface area contributed by atoms with Crippen molar-refractivity contribution in [2.75, 3.05) is 0 Å². The SMILES string of the molecule is OC12CC3[CH+]CC(Oc4ccccc41)C32. The van der Waals surface area contributed by atoms with Gasteiger partial charge in [0.15, 0.2) is 0 Å². The van der Waals surface area contributed by atoms with E-state index in [1.807, 2.05) is 24.3 Å².